The van der Waals surface area contributed by atoms with Crippen LogP contribution in [0.1, 0.15) is 30.8 Å². The summed E-state index contributed by atoms with van der Waals surface area (Å²) in [4.78, 5) is 11.2. The van der Waals surface area contributed by atoms with E-state index in [-0.39, 0.29) is 12.3 Å². The van der Waals surface area contributed by atoms with Crippen LogP contribution >= 0.6 is 0 Å². The zero-order valence-electron chi connectivity index (χ0n) is 17.1. The Balaban J connectivity index is 1.64. The molecule has 0 aromatic carbocycles. The Labute approximate surface area is 176 Å². The molecule has 31 heavy (non-hydrogen) atoms. The van der Waals surface area contributed by atoms with E-state index in [9.17, 15) is 20.1 Å². The number of nitrogens with zero attached hydrogens (tertiary/aromatic N) is 2. The summed E-state index contributed by atoms with van der Waals surface area (Å²) in [6, 6.07) is 1.52. The first kappa shape index (κ1) is 21.8. The number of fused-ring (bicyclic) bond motifs is 2. The molecule has 3 aliphatic heterocycles. The molecule has 0 radical (unpaired) electrons. The van der Waals surface area contributed by atoms with E-state index in [0.29, 0.717) is 28.2 Å². The van der Waals surface area contributed by atoms with Crippen molar-refractivity contribution in [3.05, 3.63) is 40.4 Å². The normalized spacial score (nSPS) is 31.8. The Morgan fingerprint density at radius 1 is 1.19 bits per heavy atom. The molecule has 4 heterocycles. The molecule has 5 atom stereocenters. The largest absolute Gasteiger partial charge is 0.737 e. The van der Waals surface area contributed by atoms with Crippen LogP contribution in [0.4, 0.5) is 8.63 Å². The fourth-order valence-electron chi connectivity index (χ4n) is 4.47. The minimum Gasteiger partial charge on any atom is -0.479 e. The number of aliphatic hydroxyl groups is 3. The number of allylic oxidation sites excluding steroid dienone is 2. The van der Waals surface area contributed by atoms with Crippen LogP contribution in [-0.2, 0) is 20.9 Å². The second-order valence-corrected chi connectivity index (χ2v) is 8.07. The standard InChI is InChI=1S/C19H23BF2N2O7/c1-8-4-9(2)23-12(8)6-13-11(5-10(3)24(13)20(23,21)22)7-30-19-16(27)14(25)15(26)17(31-19)18(28)29/h4-6,14-17,19,25-27H,7H2,1-3H3,(H,28,29)/t14-,15-,16+,17-,19+/m0/s1. The molecule has 4 rings (SSSR count). The van der Waals surface area contributed by atoms with Crippen LogP contribution in [0.25, 0.3) is 6.08 Å². The van der Waals surface area contributed by atoms with Gasteiger partial charge in [0.05, 0.1) is 6.61 Å². The molecule has 0 spiro atoms. The summed E-state index contributed by atoms with van der Waals surface area (Å²) in [6.07, 6.45) is -5.43. The molecule has 0 amide bonds. The number of carbonyl (C=O) groups is 1. The van der Waals surface area contributed by atoms with Crippen LogP contribution in [0.15, 0.2) is 23.4 Å². The second-order valence-electron chi connectivity index (χ2n) is 8.07. The number of aromatic nitrogens is 1. The van der Waals surface area contributed by atoms with Crippen LogP contribution in [0.3, 0.4) is 0 Å². The molecule has 1 saturated heterocycles. The van der Waals surface area contributed by atoms with Crippen molar-refractivity contribution in [3.63, 3.8) is 0 Å². The average molecular weight is 440 g/mol. The molecule has 168 valence electrons. The van der Waals surface area contributed by atoms with Gasteiger partial charge in [-0.15, -0.1) is 0 Å². The topological polar surface area (TPSA) is 124 Å². The highest BCUT2D eigenvalue weighted by Crippen LogP contribution is 2.37. The average Bonchev–Trinajstić information content (AvgIpc) is 3.16. The van der Waals surface area contributed by atoms with E-state index in [4.69, 9.17) is 14.6 Å². The molecular weight excluding hydrogens is 417 g/mol. The van der Waals surface area contributed by atoms with Crippen molar-refractivity contribution in [2.24, 2.45) is 0 Å². The number of aliphatic hydroxyl groups excluding tert-OH is 3. The van der Waals surface area contributed by atoms with Crippen LogP contribution in [-0.4, -0.2) is 78.7 Å². The van der Waals surface area contributed by atoms with Gasteiger partial charge >= 0.3 is 12.9 Å². The van der Waals surface area contributed by atoms with Gasteiger partial charge in [0.2, 0.25) is 0 Å². The van der Waals surface area contributed by atoms with E-state index in [1.165, 1.54) is 6.07 Å². The summed E-state index contributed by atoms with van der Waals surface area (Å²) in [5.41, 5.74) is 2.44. The highest BCUT2D eigenvalue weighted by Gasteiger charge is 2.53. The third-order valence-electron chi connectivity index (χ3n) is 5.93. The minimum atomic E-state index is -4.13. The zero-order chi connectivity index (χ0) is 22.8. The van der Waals surface area contributed by atoms with Crippen molar-refractivity contribution in [3.8, 4) is 0 Å². The van der Waals surface area contributed by atoms with E-state index in [1.807, 2.05) is 0 Å². The maximum atomic E-state index is 15.4. The summed E-state index contributed by atoms with van der Waals surface area (Å²) in [5, 5.41) is 38.9. The monoisotopic (exact) mass is 440 g/mol. The summed E-state index contributed by atoms with van der Waals surface area (Å²) in [6.45, 7) is 0.480. The molecule has 0 bridgehead atoms. The van der Waals surface area contributed by atoms with Crippen LogP contribution in [0.2, 0.25) is 0 Å². The van der Waals surface area contributed by atoms with Crippen LogP contribution < -0.4 is 0 Å². The lowest BCUT2D eigenvalue weighted by molar-refractivity contribution is -0.362. The number of ether oxygens (including phenoxy) is 2. The first-order chi connectivity index (χ1) is 14.4. The molecule has 1 aromatic heterocycles. The quantitative estimate of drug-likeness (QED) is 0.494. The lowest BCUT2D eigenvalue weighted by atomic mass is 9.89. The third kappa shape index (κ3) is 3.26. The lowest BCUT2D eigenvalue weighted by Gasteiger charge is -2.38. The van der Waals surface area contributed by atoms with Crippen molar-refractivity contribution in [1.29, 1.82) is 0 Å². The SMILES string of the molecule is CC1=CC(C)=[N+]2C1=Cc1c(CO[C@@H]3O[C@H](C(=O)O)[C@@H](O)[C@H](O)[C@H]3O)cc(C)n1[B-]2(F)F. The van der Waals surface area contributed by atoms with E-state index in [0.717, 1.165) is 8.96 Å². The maximum Gasteiger partial charge on any atom is 0.737 e. The number of halogens is 2. The number of carboxylic acids is 1. The van der Waals surface area contributed by atoms with Gasteiger partial charge in [0, 0.05) is 35.9 Å². The molecule has 4 N–H and O–H groups in total. The van der Waals surface area contributed by atoms with E-state index in [2.05, 4.69) is 0 Å². The summed E-state index contributed by atoms with van der Waals surface area (Å²) >= 11 is 0. The zero-order valence-corrected chi connectivity index (χ0v) is 17.1. The Kier molecular flexibility index (Phi) is 5.18. The van der Waals surface area contributed by atoms with Gasteiger partial charge in [-0.2, -0.15) is 0 Å². The fourth-order valence-corrected chi connectivity index (χ4v) is 4.47. The van der Waals surface area contributed by atoms with Crippen molar-refractivity contribution < 1.29 is 47.8 Å². The van der Waals surface area contributed by atoms with E-state index < -0.39 is 43.6 Å². The molecule has 1 aromatic rings. The number of carboxylic acid groups (broad SMARTS) is 1. The molecule has 9 nitrogen and oxygen atoms in total. The second kappa shape index (κ2) is 7.35. The Morgan fingerprint density at radius 3 is 2.52 bits per heavy atom. The smallest absolute Gasteiger partial charge is 0.479 e. The predicted octanol–water partition coefficient (Wildman–Crippen LogP) is 0.216. The maximum absolute atomic E-state index is 15.4. The first-order valence-corrected chi connectivity index (χ1v) is 9.75. The van der Waals surface area contributed by atoms with Gasteiger partial charge in [0.25, 0.3) is 0 Å². The van der Waals surface area contributed by atoms with Gasteiger partial charge in [0.15, 0.2) is 18.1 Å². The van der Waals surface area contributed by atoms with Gasteiger partial charge in [-0.3, -0.25) is 0 Å². The van der Waals surface area contributed by atoms with Crippen LogP contribution in [0, 0.1) is 6.92 Å². The molecular formula is C19H23BF2N2O7. The third-order valence-corrected chi connectivity index (χ3v) is 5.93. The number of rotatable bonds is 4. The molecule has 0 aliphatic carbocycles. The highest BCUT2D eigenvalue weighted by molar-refractivity contribution is 6.58. The summed E-state index contributed by atoms with van der Waals surface area (Å²) in [7, 11) is 0. The van der Waals surface area contributed by atoms with Crippen LogP contribution in [0.5, 0.6) is 0 Å². The number of hydrogen-bond donors (Lipinski definition) is 4. The van der Waals surface area contributed by atoms with Gasteiger partial charge < -0.3 is 47.5 Å². The number of hydrogen-bond acceptors (Lipinski definition) is 6. The van der Waals surface area contributed by atoms with Crippen molar-refractivity contribution in [2.45, 2.75) is 58.1 Å². The van der Waals surface area contributed by atoms with Gasteiger partial charge in [0.1, 0.15) is 24.0 Å². The summed E-state index contributed by atoms with van der Waals surface area (Å²) in [5.74, 6) is -1.54. The minimum absolute atomic E-state index is 0.233. The van der Waals surface area contributed by atoms with Crippen molar-refractivity contribution in [2.75, 3.05) is 0 Å². The highest BCUT2D eigenvalue weighted by atomic mass is 19.2. The molecule has 12 heteroatoms. The van der Waals surface area contributed by atoms with Gasteiger partial charge in [-0.05, 0) is 25.6 Å². The Morgan fingerprint density at radius 2 is 1.87 bits per heavy atom. The predicted molar refractivity (Wildman–Crippen MR) is 104 cm³/mol. The fraction of sp³-hybridized carbons (Fsp3) is 0.474. The van der Waals surface area contributed by atoms with E-state index >= 15 is 8.63 Å². The van der Waals surface area contributed by atoms with Gasteiger partial charge in [-0.1, -0.05) is 0 Å². The summed E-state index contributed by atoms with van der Waals surface area (Å²) < 4.78 is 43.2. The van der Waals surface area contributed by atoms with Crippen molar-refractivity contribution in [1.82, 2.24) is 4.48 Å². The first-order valence-electron chi connectivity index (χ1n) is 9.75. The Bertz CT molecular complexity index is 1050. The number of aliphatic carboxylic acids is 1. The molecule has 0 saturated carbocycles. The lowest BCUT2D eigenvalue weighted by Crippen LogP contribution is -2.60. The molecule has 3 aliphatic rings. The number of aryl methyl sites for hydroxylation is 1. The van der Waals surface area contributed by atoms with Crippen molar-refractivity contribution >= 4 is 24.7 Å². The van der Waals surface area contributed by atoms with Gasteiger partial charge in [-0.25, -0.2) is 4.79 Å². The van der Waals surface area contributed by atoms with E-state index in [1.54, 1.807) is 32.9 Å². The molecule has 1 fully saturated rings. The molecule has 0 unspecified atom stereocenters. The Hall–Kier alpha value is -2.38.